The number of rotatable bonds is 5. The molecule has 2 unspecified atom stereocenters. The number of hydrogen-bond acceptors (Lipinski definition) is 5. The fraction of sp³-hybridized carbons (Fsp3) is 0.250. The molecule has 120 valence electrons. The zero-order chi connectivity index (χ0) is 16.2. The topological polar surface area (TPSA) is 100 Å². The van der Waals surface area contributed by atoms with Crippen molar-refractivity contribution in [1.29, 1.82) is 5.41 Å². The number of nitrogens with two attached hydrogens (primary N) is 1. The van der Waals surface area contributed by atoms with Gasteiger partial charge in [-0.15, -0.1) is 11.3 Å². The van der Waals surface area contributed by atoms with Gasteiger partial charge in [-0.2, -0.15) is 0 Å². The van der Waals surface area contributed by atoms with Crippen LogP contribution in [0.5, 0.6) is 5.75 Å². The van der Waals surface area contributed by atoms with Gasteiger partial charge in [-0.05, 0) is 35.7 Å². The second-order valence-electron chi connectivity index (χ2n) is 5.34. The molecular formula is C16H18N4O2S. The summed E-state index contributed by atoms with van der Waals surface area (Å²) in [5.41, 5.74) is 6.10. The highest BCUT2D eigenvalue weighted by molar-refractivity contribution is 7.12. The van der Waals surface area contributed by atoms with E-state index >= 15 is 0 Å². The van der Waals surface area contributed by atoms with Crippen molar-refractivity contribution in [2.75, 3.05) is 11.9 Å². The number of thiophene rings is 1. The summed E-state index contributed by atoms with van der Waals surface area (Å²) in [5, 5.41) is 16.0. The van der Waals surface area contributed by atoms with Gasteiger partial charge in [-0.25, -0.2) is 0 Å². The van der Waals surface area contributed by atoms with Crippen LogP contribution in [0.2, 0.25) is 0 Å². The maximum Gasteiger partial charge on any atom is 0.234 e. The van der Waals surface area contributed by atoms with Crippen LogP contribution >= 0.6 is 11.3 Å². The lowest BCUT2D eigenvalue weighted by Gasteiger charge is -2.13. The van der Waals surface area contributed by atoms with Crippen molar-refractivity contribution in [2.24, 2.45) is 5.73 Å². The lowest BCUT2D eigenvalue weighted by Crippen LogP contribution is -2.36. The molecule has 1 saturated heterocycles. The zero-order valence-electron chi connectivity index (χ0n) is 12.4. The standard InChI is InChI=1S/C16H18N4O2S/c17-15(14-2-1-7-23-14)20-10-3-5-11(6-4-10)22-12-8-13(16(18)21)19-9-12/h1-7,12-13,19H,8-9H2,(H2,17,20)(H2,18,21). The predicted octanol–water partition coefficient (Wildman–Crippen LogP) is 1.78. The Kier molecular flexibility index (Phi) is 4.59. The molecule has 0 spiro atoms. The molecule has 0 bridgehead atoms. The molecule has 1 fully saturated rings. The molecule has 0 radical (unpaired) electrons. The van der Waals surface area contributed by atoms with Crippen LogP contribution in [0.15, 0.2) is 41.8 Å². The van der Waals surface area contributed by atoms with Crippen LogP contribution in [0.3, 0.4) is 0 Å². The number of carbonyl (C=O) groups is 1. The molecule has 1 aliphatic rings. The number of amides is 1. The van der Waals surface area contributed by atoms with Gasteiger partial charge in [-0.3, -0.25) is 10.2 Å². The summed E-state index contributed by atoms with van der Waals surface area (Å²) in [6.07, 6.45) is 0.522. The SMILES string of the molecule is N=C(Nc1ccc(OC2CNC(C(N)=O)C2)cc1)c1cccs1. The molecule has 3 rings (SSSR count). The quantitative estimate of drug-likeness (QED) is 0.496. The molecule has 2 atom stereocenters. The number of carbonyl (C=O) groups excluding carboxylic acids is 1. The highest BCUT2D eigenvalue weighted by atomic mass is 32.1. The summed E-state index contributed by atoms with van der Waals surface area (Å²) in [7, 11) is 0. The van der Waals surface area contributed by atoms with Crippen LogP contribution in [0, 0.1) is 5.41 Å². The van der Waals surface area contributed by atoms with Gasteiger partial charge in [0.15, 0.2) is 0 Å². The fourth-order valence-corrected chi connectivity index (χ4v) is 3.08. The lowest BCUT2D eigenvalue weighted by molar-refractivity contribution is -0.119. The average molecular weight is 330 g/mol. The van der Waals surface area contributed by atoms with Gasteiger partial charge < -0.3 is 21.1 Å². The highest BCUT2D eigenvalue weighted by Gasteiger charge is 2.29. The third-order valence-electron chi connectivity index (χ3n) is 3.63. The summed E-state index contributed by atoms with van der Waals surface area (Å²) in [4.78, 5) is 12.0. The van der Waals surface area contributed by atoms with Gasteiger partial charge in [0.1, 0.15) is 17.7 Å². The van der Waals surface area contributed by atoms with E-state index in [0.717, 1.165) is 16.3 Å². The first kappa shape index (κ1) is 15.5. The molecule has 1 aliphatic heterocycles. The Morgan fingerprint density at radius 1 is 1.35 bits per heavy atom. The van der Waals surface area contributed by atoms with Crippen LogP contribution < -0.4 is 21.1 Å². The largest absolute Gasteiger partial charge is 0.489 e. The van der Waals surface area contributed by atoms with E-state index < -0.39 is 0 Å². The molecule has 1 amide bonds. The number of benzene rings is 1. The third-order valence-corrected chi connectivity index (χ3v) is 4.52. The number of ether oxygens (including phenoxy) is 1. The Morgan fingerprint density at radius 2 is 2.13 bits per heavy atom. The van der Waals surface area contributed by atoms with Crippen molar-refractivity contribution in [3.63, 3.8) is 0 Å². The Hall–Kier alpha value is -2.38. The summed E-state index contributed by atoms with van der Waals surface area (Å²) in [6, 6.07) is 10.9. The van der Waals surface area contributed by atoms with E-state index in [9.17, 15) is 4.79 Å². The van der Waals surface area contributed by atoms with E-state index in [1.165, 1.54) is 11.3 Å². The van der Waals surface area contributed by atoms with Crippen LogP contribution in [-0.2, 0) is 4.79 Å². The molecule has 1 aromatic heterocycles. The van der Waals surface area contributed by atoms with Crippen LogP contribution in [0.25, 0.3) is 0 Å². The molecule has 5 N–H and O–H groups in total. The maximum absolute atomic E-state index is 11.1. The first-order chi connectivity index (χ1) is 11.1. The predicted molar refractivity (Wildman–Crippen MR) is 91.2 cm³/mol. The molecule has 0 aliphatic carbocycles. The van der Waals surface area contributed by atoms with Crippen molar-refractivity contribution >= 4 is 28.8 Å². The van der Waals surface area contributed by atoms with Gasteiger partial charge in [-0.1, -0.05) is 6.07 Å². The highest BCUT2D eigenvalue weighted by Crippen LogP contribution is 2.21. The van der Waals surface area contributed by atoms with Crippen LogP contribution in [0.4, 0.5) is 5.69 Å². The van der Waals surface area contributed by atoms with E-state index in [2.05, 4.69) is 10.6 Å². The van der Waals surface area contributed by atoms with E-state index in [4.69, 9.17) is 15.9 Å². The summed E-state index contributed by atoms with van der Waals surface area (Å²) < 4.78 is 5.84. The van der Waals surface area contributed by atoms with Gasteiger partial charge in [0, 0.05) is 18.7 Å². The van der Waals surface area contributed by atoms with Crippen LogP contribution in [-0.4, -0.2) is 30.4 Å². The fourth-order valence-electron chi connectivity index (χ4n) is 2.45. The average Bonchev–Trinajstić information content (AvgIpc) is 3.20. The molecule has 23 heavy (non-hydrogen) atoms. The van der Waals surface area contributed by atoms with E-state index in [-0.39, 0.29) is 18.1 Å². The summed E-state index contributed by atoms with van der Waals surface area (Å²) in [5.74, 6) is 0.760. The minimum absolute atomic E-state index is 0.0595. The number of amidine groups is 1. The Bertz CT molecular complexity index is 685. The van der Waals surface area contributed by atoms with Crippen molar-refractivity contribution in [2.45, 2.75) is 18.6 Å². The lowest BCUT2D eigenvalue weighted by atomic mass is 10.2. The molecular weight excluding hydrogens is 312 g/mol. The Labute approximate surface area is 138 Å². The number of primary amides is 1. The molecule has 2 aromatic rings. The molecule has 7 heteroatoms. The minimum atomic E-state index is -0.345. The molecule has 1 aromatic carbocycles. The maximum atomic E-state index is 11.1. The second-order valence-corrected chi connectivity index (χ2v) is 6.29. The Morgan fingerprint density at radius 3 is 2.74 bits per heavy atom. The second kappa shape index (κ2) is 6.80. The van der Waals surface area contributed by atoms with Crippen molar-refractivity contribution in [3.8, 4) is 5.75 Å². The van der Waals surface area contributed by atoms with Gasteiger partial charge in [0.2, 0.25) is 5.91 Å². The van der Waals surface area contributed by atoms with E-state index in [1.807, 2.05) is 41.8 Å². The van der Waals surface area contributed by atoms with Gasteiger partial charge >= 0.3 is 0 Å². The summed E-state index contributed by atoms with van der Waals surface area (Å²) >= 11 is 1.52. The van der Waals surface area contributed by atoms with Gasteiger partial charge in [0.05, 0.1) is 10.9 Å². The number of anilines is 1. The number of nitrogens with one attached hydrogen (secondary N) is 3. The summed E-state index contributed by atoms with van der Waals surface area (Å²) in [6.45, 7) is 0.608. The molecule has 2 heterocycles. The first-order valence-corrected chi connectivity index (χ1v) is 8.18. The van der Waals surface area contributed by atoms with Gasteiger partial charge in [0.25, 0.3) is 0 Å². The third kappa shape index (κ3) is 3.88. The Balaban J connectivity index is 1.55. The normalized spacial score (nSPS) is 20.2. The number of hydrogen-bond donors (Lipinski definition) is 4. The smallest absolute Gasteiger partial charge is 0.234 e. The monoisotopic (exact) mass is 330 g/mol. The minimum Gasteiger partial charge on any atom is -0.489 e. The first-order valence-electron chi connectivity index (χ1n) is 7.30. The molecule has 0 saturated carbocycles. The molecule has 6 nitrogen and oxygen atoms in total. The van der Waals surface area contributed by atoms with E-state index in [0.29, 0.717) is 18.8 Å². The van der Waals surface area contributed by atoms with Crippen LogP contribution in [0.1, 0.15) is 11.3 Å². The van der Waals surface area contributed by atoms with E-state index in [1.54, 1.807) is 0 Å². The van der Waals surface area contributed by atoms with Crippen molar-refractivity contribution in [3.05, 3.63) is 46.7 Å². The van der Waals surface area contributed by atoms with Crippen molar-refractivity contribution in [1.82, 2.24) is 5.32 Å². The van der Waals surface area contributed by atoms with Crippen molar-refractivity contribution < 1.29 is 9.53 Å². The zero-order valence-corrected chi connectivity index (χ0v) is 13.2.